The van der Waals surface area contributed by atoms with Crippen LogP contribution < -0.4 is 0 Å². The van der Waals surface area contributed by atoms with Crippen molar-refractivity contribution in [1.82, 2.24) is 0 Å². The SMILES string of the molecule is [2H]c1cc2c(-c3c([2H])c([2H])c4oc5c([2H])c([2H])c([2H])c([2H])c5c4c3[2H])c3cc([2H])c([2H])cc3c(-c3cccc4ccccc34)c2cc1[2H]. The van der Waals surface area contributed by atoms with Gasteiger partial charge in [0.1, 0.15) is 11.2 Å². The fourth-order valence-corrected chi connectivity index (χ4v) is 5.31. The fourth-order valence-electron chi connectivity index (χ4n) is 5.31. The van der Waals surface area contributed by atoms with Gasteiger partial charge in [-0.05, 0) is 72.7 Å². The first kappa shape index (κ1) is 12.4. The van der Waals surface area contributed by atoms with E-state index in [-0.39, 0.29) is 63.3 Å². The molecule has 1 heteroatoms. The summed E-state index contributed by atoms with van der Waals surface area (Å²) in [7, 11) is 0. The van der Waals surface area contributed by atoms with E-state index < -0.39 is 36.3 Å². The Morgan fingerprint density at radius 3 is 1.89 bits per heavy atom. The van der Waals surface area contributed by atoms with Gasteiger partial charge in [-0.2, -0.15) is 0 Å². The molecule has 0 unspecified atom stereocenters. The molecular formula is C36H22O. The summed E-state index contributed by atoms with van der Waals surface area (Å²) < 4.78 is 101. The molecule has 0 N–H and O–H groups in total. The van der Waals surface area contributed by atoms with Gasteiger partial charge in [0.25, 0.3) is 0 Å². The zero-order valence-corrected chi connectivity index (χ0v) is 19.3. The van der Waals surface area contributed by atoms with Crippen LogP contribution in [-0.2, 0) is 0 Å². The Balaban J connectivity index is 1.64. The van der Waals surface area contributed by atoms with Gasteiger partial charge in [-0.1, -0.05) is 115 Å². The van der Waals surface area contributed by atoms with Crippen LogP contribution in [0.4, 0.5) is 0 Å². The number of hydrogen-bond acceptors (Lipinski definition) is 1. The van der Waals surface area contributed by atoms with Gasteiger partial charge in [0.05, 0.1) is 15.1 Å². The van der Waals surface area contributed by atoms with Crippen LogP contribution in [0.15, 0.2) is 138 Å². The fraction of sp³-hybridized carbons (Fsp3) is 0. The Morgan fingerprint density at radius 2 is 1.11 bits per heavy atom. The molecule has 0 aliphatic rings. The minimum atomic E-state index is -0.531. The maximum Gasteiger partial charge on any atom is 0.135 e. The molecule has 0 bridgehead atoms. The van der Waals surface area contributed by atoms with Crippen LogP contribution in [0, 0.1) is 0 Å². The van der Waals surface area contributed by atoms with Crippen molar-refractivity contribution in [2.24, 2.45) is 0 Å². The number of para-hydroxylation sites is 1. The van der Waals surface area contributed by atoms with Gasteiger partial charge in [0.2, 0.25) is 0 Å². The van der Waals surface area contributed by atoms with Crippen LogP contribution in [0.5, 0.6) is 0 Å². The minimum absolute atomic E-state index is 0.0566. The van der Waals surface area contributed by atoms with Crippen molar-refractivity contribution in [3.63, 3.8) is 0 Å². The Kier molecular flexibility index (Phi) is 2.61. The number of benzene rings is 7. The molecule has 0 saturated heterocycles. The standard InChI is InChI=1S/C36H22O/c1-2-12-25-23(10-1)11-9-18-27(25)36-30-16-5-3-14-28(30)35(29-15-4-6-17-31(29)36)24-20-21-34-32(22-24)26-13-7-8-19-33(26)37-34/h1-22H/i3D,4D,5D,6D,7D,8D,13D,19D,20D,21D,22D. The molecule has 0 fully saturated rings. The molecule has 0 aliphatic carbocycles. The van der Waals surface area contributed by atoms with Gasteiger partial charge < -0.3 is 4.42 Å². The van der Waals surface area contributed by atoms with E-state index in [9.17, 15) is 2.74 Å². The summed E-state index contributed by atoms with van der Waals surface area (Å²) in [4.78, 5) is 0. The Hall–Kier alpha value is -4.88. The second kappa shape index (κ2) is 7.81. The first-order chi connectivity index (χ1) is 22.9. The van der Waals surface area contributed by atoms with Crippen molar-refractivity contribution in [1.29, 1.82) is 0 Å². The molecule has 0 spiro atoms. The van der Waals surface area contributed by atoms with Crippen LogP contribution in [0.25, 0.3) is 76.5 Å². The first-order valence-electron chi connectivity index (χ1n) is 17.3. The van der Waals surface area contributed by atoms with E-state index in [1.807, 2.05) is 42.5 Å². The molecule has 37 heavy (non-hydrogen) atoms. The quantitative estimate of drug-likeness (QED) is 0.224. The van der Waals surface area contributed by atoms with Gasteiger partial charge in [-0.3, -0.25) is 0 Å². The van der Waals surface area contributed by atoms with Crippen LogP contribution in [-0.4, -0.2) is 0 Å². The van der Waals surface area contributed by atoms with E-state index >= 15 is 0 Å². The van der Waals surface area contributed by atoms with Crippen molar-refractivity contribution in [2.45, 2.75) is 0 Å². The van der Waals surface area contributed by atoms with Crippen molar-refractivity contribution < 1.29 is 19.5 Å². The van der Waals surface area contributed by atoms with Gasteiger partial charge in [0, 0.05) is 10.8 Å². The molecule has 0 amide bonds. The van der Waals surface area contributed by atoms with E-state index in [0.717, 1.165) is 16.3 Å². The molecule has 7 aromatic carbocycles. The third kappa shape index (κ3) is 2.98. The predicted octanol–water partition coefficient (Wildman–Crippen LogP) is 10.4. The lowest BCUT2D eigenvalue weighted by atomic mass is 9.84. The summed E-state index contributed by atoms with van der Waals surface area (Å²) in [5.41, 5.74) is 1.17. The zero-order valence-electron chi connectivity index (χ0n) is 30.3. The van der Waals surface area contributed by atoms with E-state index in [1.165, 1.54) is 12.1 Å². The normalized spacial score (nSPS) is 15.9. The maximum atomic E-state index is 9.49. The maximum absolute atomic E-state index is 9.49. The smallest absolute Gasteiger partial charge is 0.135 e. The summed E-state index contributed by atoms with van der Waals surface area (Å²) in [6.07, 6.45) is 0. The summed E-state index contributed by atoms with van der Waals surface area (Å²) in [5, 5.41) is 3.51. The molecule has 8 aromatic rings. The average molecular weight is 482 g/mol. The molecule has 0 aliphatic heterocycles. The summed E-state index contributed by atoms with van der Waals surface area (Å²) in [6.45, 7) is 0. The third-order valence-electron chi connectivity index (χ3n) is 6.88. The predicted molar refractivity (Wildman–Crippen MR) is 157 cm³/mol. The van der Waals surface area contributed by atoms with Gasteiger partial charge >= 0.3 is 0 Å². The number of rotatable bonds is 2. The molecule has 172 valence electrons. The van der Waals surface area contributed by atoms with Crippen molar-refractivity contribution in [3.05, 3.63) is 133 Å². The number of furan rings is 1. The van der Waals surface area contributed by atoms with Crippen LogP contribution in [0.1, 0.15) is 15.1 Å². The summed E-state index contributed by atoms with van der Waals surface area (Å²) >= 11 is 0. The first-order valence-corrected chi connectivity index (χ1v) is 11.8. The van der Waals surface area contributed by atoms with Crippen LogP contribution in [0.2, 0.25) is 0 Å². The molecule has 8 rings (SSSR count). The Morgan fingerprint density at radius 1 is 0.459 bits per heavy atom. The van der Waals surface area contributed by atoms with Crippen LogP contribution in [0.3, 0.4) is 0 Å². The molecule has 1 aromatic heterocycles. The van der Waals surface area contributed by atoms with Gasteiger partial charge in [0.15, 0.2) is 0 Å². The van der Waals surface area contributed by atoms with Gasteiger partial charge in [-0.15, -0.1) is 0 Å². The molecule has 0 saturated carbocycles. The van der Waals surface area contributed by atoms with E-state index in [2.05, 4.69) is 0 Å². The summed E-state index contributed by atoms with van der Waals surface area (Å²) in [6, 6.07) is 16.1. The second-order valence-corrected chi connectivity index (χ2v) is 8.85. The highest BCUT2D eigenvalue weighted by Gasteiger charge is 2.18. The minimum Gasteiger partial charge on any atom is -0.456 e. The molecule has 0 radical (unpaired) electrons. The zero-order chi connectivity index (χ0) is 33.9. The highest BCUT2D eigenvalue weighted by Crippen LogP contribution is 2.45. The number of hydrogen-bond donors (Lipinski definition) is 0. The lowest BCUT2D eigenvalue weighted by molar-refractivity contribution is 0.669. The van der Waals surface area contributed by atoms with E-state index in [1.54, 1.807) is 12.1 Å². The lowest BCUT2D eigenvalue weighted by Crippen LogP contribution is -1.91. The van der Waals surface area contributed by atoms with Gasteiger partial charge in [-0.25, -0.2) is 0 Å². The van der Waals surface area contributed by atoms with Crippen LogP contribution >= 0.6 is 0 Å². The molecular weight excluding hydrogens is 448 g/mol. The lowest BCUT2D eigenvalue weighted by Gasteiger charge is -2.18. The van der Waals surface area contributed by atoms with E-state index in [4.69, 9.17) is 16.8 Å². The second-order valence-electron chi connectivity index (χ2n) is 8.85. The number of fused-ring (bicyclic) bond motifs is 6. The molecule has 1 heterocycles. The molecule has 1 nitrogen and oxygen atoms in total. The topological polar surface area (TPSA) is 13.1 Å². The van der Waals surface area contributed by atoms with Crippen molar-refractivity contribution in [2.75, 3.05) is 0 Å². The Labute approximate surface area is 229 Å². The monoisotopic (exact) mass is 481 g/mol. The Bertz CT molecular complexity index is 2670. The molecule has 0 atom stereocenters. The highest BCUT2D eigenvalue weighted by atomic mass is 16.3. The third-order valence-corrected chi connectivity index (χ3v) is 6.88. The highest BCUT2D eigenvalue weighted by molar-refractivity contribution is 6.24. The van der Waals surface area contributed by atoms with Crippen molar-refractivity contribution in [3.8, 4) is 22.3 Å². The summed E-state index contributed by atoms with van der Waals surface area (Å²) in [5.74, 6) is 0. The average Bonchev–Trinajstić information content (AvgIpc) is 3.48. The largest absolute Gasteiger partial charge is 0.456 e. The van der Waals surface area contributed by atoms with Crippen molar-refractivity contribution >= 4 is 54.3 Å². The van der Waals surface area contributed by atoms with E-state index in [0.29, 0.717) is 27.1 Å².